The molecular formula is C9H17N. The van der Waals surface area contributed by atoms with E-state index in [4.69, 9.17) is 0 Å². The minimum absolute atomic E-state index is 0.673. The molecule has 1 heterocycles. The molecule has 1 saturated carbocycles. The quantitative estimate of drug-likeness (QED) is 0.492. The summed E-state index contributed by atoms with van der Waals surface area (Å²) in [6.45, 7) is 8.51. The molecule has 1 aliphatic carbocycles. The lowest BCUT2D eigenvalue weighted by Gasteiger charge is -2.23. The van der Waals surface area contributed by atoms with E-state index in [1.165, 1.54) is 6.54 Å². The van der Waals surface area contributed by atoms with Gasteiger partial charge in [-0.2, -0.15) is 0 Å². The predicted molar refractivity (Wildman–Crippen MR) is 42.9 cm³/mol. The minimum atomic E-state index is 0.673. The van der Waals surface area contributed by atoms with E-state index in [-0.39, 0.29) is 0 Å². The van der Waals surface area contributed by atoms with Gasteiger partial charge < -0.3 is 4.90 Å². The Bertz CT molecular complexity index is 160. The Balaban J connectivity index is 2.13. The van der Waals surface area contributed by atoms with Crippen molar-refractivity contribution in [3.8, 4) is 0 Å². The zero-order valence-corrected chi connectivity index (χ0v) is 7.39. The lowest BCUT2D eigenvalue weighted by atomic mass is 10.0. The fourth-order valence-electron chi connectivity index (χ4n) is 2.84. The summed E-state index contributed by atoms with van der Waals surface area (Å²) in [4.78, 5) is 2.49. The number of hydrogen-bond acceptors (Lipinski definition) is 1. The van der Waals surface area contributed by atoms with Crippen LogP contribution in [0.4, 0.5) is 0 Å². The van der Waals surface area contributed by atoms with Gasteiger partial charge in [0.1, 0.15) is 0 Å². The summed E-state index contributed by atoms with van der Waals surface area (Å²) >= 11 is 0. The van der Waals surface area contributed by atoms with Crippen molar-refractivity contribution in [3.63, 3.8) is 0 Å². The lowest BCUT2D eigenvalue weighted by Crippen LogP contribution is -2.29. The second-order valence-corrected chi connectivity index (χ2v) is 4.63. The molecule has 1 nitrogen and oxygen atoms in total. The topological polar surface area (TPSA) is 3.24 Å². The highest BCUT2D eigenvalue weighted by atomic mass is 15.2. The van der Waals surface area contributed by atoms with Crippen LogP contribution in [-0.4, -0.2) is 24.5 Å². The van der Waals surface area contributed by atoms with Gasteiger partial charge in [-0.15, -0.1) is 0 Å². The summed E-state index contributed by atoms with van der Waals surface area (Å²) < 4.78 is 0. The third kappa shape index (κ3) is 0.572. The Hall–Kier alpha value is -0.0400. The van der Waals surface area contributed by atoms with Gasteiger partial charge in [-0.3, -0.25) is 0 Å². The molecule has 0 aromatic rings. The van der Waals surface area contributed by atoms with Crippen LogP contribution in [0.25, 0.3) is 0 Å². The molecule has 0 aromatic heterocycles. The van der Waals surface area contributed by atoms with Gasteiger partial charge in [-0.1, -0.05) is 13.8 Å². The van der Waals surface area contributed by atoms with Gasteiger partial charge in [0.25, 0.3) is 0 Å². The summed E-state index contributed by atoms with van der Waals surface area (Å²) in [6.07, 6.45) is 0. The van der Waals surface area contributed by atoms with Crippen molar-refractivity contribution in [2.45, 2.75) is 26.8 Å². The van der Waals surface area contributed by atoms with E-state index in [0.717, 1.165) is 17.9 Å². The number of fused-ring (bicyclic) bond motifs is 1. The molecule has 1 unspecified atom stereocenters. The van der Waals surface area contributed by atoms with Crippen molar-refractivity contribution in [2.75, 3.05) is 13.6 Å². The van der Waals surface area contributed by atoms with Gasteiger partial charge in [0.05, 0.1) is 0 Å². The molecule has 2 rings (SSSR count). The van der Waals surface area contributed by atoms with Crippen molar-refractivity contribution >= 4 is 0 Å². The number of rotatable bonds is 0. The average molecular weight is 139 g/mol. The standard InChI is InChI=1S/C9H17N/c1-6-8-7(5-10(6)4)9(8,2)3/h6-8H,5H2,1-4H3/t6-,7+,8?/m1/s1. The molecular weight excluding hydrogens is 122 g/mol. The Labute approximate surface area is 63.4 Å². The van der Waals surface area contributed by atoms with Gasteiger partial charge in [-0.25, -0.2) is 0 Å². The molecule has 1 aliphatic heterocycles. The molecule has 0 aromatic carbocycles. The van der Waals surface area contributed by atoms with E-state index in [9.17, 15) is 0 Å². The van der Waals surface area contributed by atoms with Crippen LogP contribution in [0.15, 0.2) is 0 Å². The van der Waals surface area contributed by atoms with Gasteiger partial charge in [0.15, 0.2) is 0 Å². The summed E-state index contributed by atoms with van der Waals surface area (Å²) in [5, 5.41) is 0. The molecule has 10 heavy (non-hydrogen) atoms. The zero-order chi connectivity index (χ0) is 7.52. The third-order valence-electron chi connectivity index (χ3n) is 3.84. The average Bonchev–Trinajstić information content (AvgIpc) is 2.12. The Morgan fingerprint density at radius 3 is 2.30 bits per heavy atom. The van der Waals surface area contributed by atoms with Crippen molar-refractivity contribution in [1.82, 2.24) is 4.90 Å². The Morgan fingerprint density at radius 1 is 1.40 bits per heavy atom. The number of likely N-dealkylation sites (tertiary alicyclic amines) is 1. The smallest absolute Gasteiger partial charge is 0.0101 e. The molecule has 0 N–H and O–H groups in total. The Morgan fingerprint density at radius 2 is 2.00 bits per heavy atom. The minimum Gasteiger partial charge on any atom is -0.303 e. The Kier molecular flexibility index (Phi) is 1.05. The van der Waals surface area contributed by atoms with Gasteiger partial charge in [0, 0.05) is 12.6 Å². The van der Waals surface area contributed by atoms with E-state index in [0.29, 0.717) is 5.41 Å². The molecule has 0 spiro atoms. The number of nitrogens with zero attached hydrogens (tertiary/aromatic N) is 1. The van der Waals surface area contributed by atoms with Crippen LogP contribution in [0.2, 0.25) is 0 Å². The monoisotopic (exact) mass is 139 g/mol. The highest BCUT2D eigenvalue weighted by Gasteiger charge is 2.64. The van der Waals surface area contributed by atoms with Crippen LogP contribution >= 0.6 is 0 Å². The van der Waals surface area contributed by atoms with Gasteiger partial charge in [-0.05, 0) is 31.2 Å². The summed E-state index contributed by atoms with van der Waals surface area (Å²) in [5.41, 5.74) is 0.673. The van der Waals surface area contributed by atoms with Crippen molar-refractivity contribution in [3.05, 3.63) is 0 Å². The van der Waals surface area contributed by atoms with Crippen LogP contribution in [0.5, 0.6) is 0 Å². The molecule has 1 saturated heterocycles. The third-order valence-corrected chi connectivity index (χ3v) is 3.84. The maximum atomic E-state index is 2.49. The van der Waals surface area contributed by atoms with Crippen molar-refractivity contribution in [1.29, 1.82) is 0 Å². The highest BCUT2D eigenvalue weighted by molar-refractivity contribution is 5.14. The van der Waals surface area contributed by atoms with E-state index in [1.807, 2.05) is 0 Å². The number of hydrogen-bond donors (Lipinski definition) is 0. The SMILES string of the molecule is C[C@@H]1C2[C@H](CN1C)C2(C)C. The maximum absolute atomic E-state index is 2.49. The van der Waals surface area contributed by atoms with E-state index in [1.54, 1.807) is 0 Å². The maximum Gasteiger partial charge on any atom is 0.0101 e. The van der Waals surface area contributed by atoms with Crippen molar-refractivity contribution in [2.24, 2.45) is 17.3 Å². The molecule has 2 aliphatic rings. The molecule has 2 fully saturated rings. The highest BCUT2D eigenvalue weighted by Crippen LogP contribution is 2.64. The predicted octanol–water partition coefficient (Wildman–Crippen LogP) is 1.59. The van der Waals surface area contributed by atoms with Crippen molar-refractivity contribution < 1.29 is 0 Å². The normalized spacial score (nSPS) is 51.0. The fourth-order valence-corrected chi connectivity index (χ4v) is 2.84. The molecule has 0 amide bonds. The first-order chi connectivity index (χ1) is 4.55. The first-order valence-corrected chi connectivity index (χ1v) is 4.25. The first-order valence-electron chi connectivity index (χ1n) is 4.25. The zero-order valence-electron chi connectivity index (χ0n) is 7.39. The van der Waals surface area contributed by atoms with Gasteiger partial charge >= 0.3 is 0 Å². The van der Waals surface area contributed by atoms with Crippen LogP contribution in [0, 0.1) is 17.3 Å². The van der Waals surface area contributed by atoms with Crippen LogP contribution in [-0.2, 0) is 0 Å². The van der Waals surface area contributed by atoms with Gasteiger partial charge in [0.2, 0.25) is 0 Å². The summed E-state index contributed by atoms with van der Waals surface area (Å²) in [6, 6.07) is 0.833. The second kappa shape index (κ2) is 1.58. The van der Waals surface area contributed by atoms with E-state index >= 15 is 0 Å². The molecule has 58 valence electrons. The van der Waals surface area contributed by atoms with Crippen LogP contribution in [0.1, 0.15) is 20.8 Å². The second-order valence-electron chi connectivity index (χ2n) is 4.63. The molecule has 0 bridgehead atoms. The number of piperidine rings is 1. The molecule has 3 atom stereocenters. The summed E-state index contributed by atoms with van der Waals surface area (Å²) in [7, 11) is 2.24. The van der Waals surface area contributed by atoms with Crippen LogP contribution < -0.4 is 0 Å². The van der Waals surface area contributed by atoms with E-state index in [2.05, 4.69) is 32.7 Å². The summed E-state index contributed by atoms with van der Waals surface area (Å²) in [5.74, 6) is 2.00. The van der Waals surface area contributed by atoms with Crippen LogP contribution in [0.3, 0.4) is 0 Å². The largest absolute Gasteiger partial charge is 0.303 e. The van der Waals surface area contributed by atoms with E-state index < -0.39 is 0 Å². The fraction of sp³-hybridized carbons (Fsp3) is 1.00. The molecule has 1 heteroatoms. The lowest BCUT2D eigenvalue weighted by molar-refractivity contribution is 0.235. The molecule has 0 radical (unpaired) electrons. The first kappa shape index (κ1) is 6.66.